The minimum atomic E-state index is -0.481. The molecule has 1 heterocycles. The van der Waals surface area contributed by atoms with Gasteiger partial charge in [-0.15, -0.1) is 0 Å². The first-order valence-corrected chi connectivity index (χ1v) is 5.70. The number of benzene rings is 1. The first-order chi connectivity index (χ1) is 7.72. The van der Waals surface area contributed by atoms with Crippen LogP contribution in [0.2, 0.25) is 0 Å². The largest absolute Gasteiger partial charge is 0.496 e. The maximum Gasteiger partial charge on any atom is 0.122 e. The van der Waals surface area contributed by atoms with Gasteiger partial charge in [0.1, 0.15) is 5.75 Å². The van der Waals surface area contributed by atoms with E-state index in [1.165, 1.54) is 11.1 Å². The van der Waals surface area contributed by atoms with Crippen molar-refractivity contribution in [3.63, 3.8) is 0 Å². The molecule has 86 valence electrons. The van der Waals surface area contributed by atoms with Gasteiger partial charge >= 0.3 is 0 Å². The fourth-order valence-corrected chi connectivity index (χ4v) is 2.33. The highest BCUT2D eigenvalue weighted by Crippen LogP contribution is 2.42. The lowest BCUT2D eigenvalue weighted by molar-refractivity contribution is 0.132. The molecule has 1 aromatic rings. The summed E-state index contributed by atoms with van der Waals surface area (Å²) in [5.74, 6) is 0.879. The van der Waals surface area contributed by atoms with Crippen LogP contribution in [0.15, 0.2) is 12.1 Å². The van der Waals surface area contributed by atoms with Crippen molar-refractivity contribution in [1.29, 1.82) is 0 Å². The predicted molar refractivity (Wildman–Crippen MR) is 59.4 cm³/mol. The normalized spacial score (nSPS) is 20.6. The molecule has 0 saturated heterocycles. The van der Waals surface area contributed by atoms with Crippen LogP contribution in [0.5, 0.6) is 5.75 Å². The van der Waals surface area contributed by atoms with E-state index in [1.807, 2.05) is 6.07 Å². The summed E-state index contributed by atoms with van der Waals surface area (Å²) in [4.78, 5) is 0. The van der Waals surface area contributed by atoms with Crippen LogP contribution in [0.25, 0.3) is 0 Å². The third-order valence-electron chi connectivity index (χ3n) is 3.54. The van der Waals surface area contributed by atoms with E-state index in [1.54, 1.807) is 7.11 Å². The minimum Gasteiger partial charge on any atom is -0.496 e. The summed E-state index contributed by atoms with van der Waals surface area (Å²) in [7, 11) is 1.68. The van der Waals surface area contributed by atoms with E-state index in [9.17, 15) is 5.11 Å². The molecule has 0 aromatic heterocycles. The Labute approximate surface area is 95.0 Å². The predicted octanol–water partition coefficient (Wildman–Crippen LogP) is 1.79. The Balaban J connectivity index is 2.02. The van der Waals surface area contributed by atoms with E-state index in [2.05, 4.69) is 6.07 Å². The Morgan fingerprint density at radius 1 is 1.38 bits per heavy atom. The second-order valence-corrected chi connectivity index (χ2v) is 4.78. The first-order valence-electron chi connectivity index (χ1n) is 5.70. The summed E-state index contributed by atoms with van der Waals surface area (Å²) < 4.78 is 10.8. The maximum atomic E-state index is 10.0. The van der Waals surface area contributed by atoms with E-state index >= 15 is 0 Å². The number of methoxy groups -OCH3 is 1. The third-order valence-corrected chi connectivity index (χ3v) is 3.54. The standard InChI is InChI=1S/C13H16O3/c1-15-12-3-2-9-7-16-8-11(9)10(12)6-13(14)4-5-13/h2-3,14H,4-8H2,1H3. The minimum absolute atomic E-state index is 0.481. The van der Waals surface area contributed by atoms with Crippen LogP contribution in [-0.4, -0.2) is 17.8 Å². The molecule has 0 bridgehead atoms. The van der Waals surface area contributed by atoms with Gasteiger partial charge in [-0.1, -0.05) is 6.07 Å². The van der Waals surface area contributed by atoms with Crippen molar-refractivity contribution >= 4 is 0 Å². The number of aliphatic hydroxyl groups is 1. The molecule has 1 aliphatic heterocycles. The monoisotopic (exact) mass is 220 g/mol. The van der Waals surface area contributed by atoms with Gasteiger partial charge in [0, 0.05) is 12.0 Å². The summed E-state index contributed by atoms with van der Waals surface area (Å²) in [6, 6.07) is 4.04. The molecule has 3 rings (SSSR count). The van der Waals surface area contributed by atoms with Crippen LogP contribution in [0.1, 0.15) is 29.5 Å². The summed E-state index contributed by atoms with van der Waals surface area (Å²) in [6.45, 7) is 1.34. The number of fused-ring (bicyclic) bond motifs is 1. The fourth-order valence-electron chi connectivity index (χ4n) is 2.33. The lowest BCUT2D eigenvalue weighted by Gasteiger charge is -2.15. The zero-order chi connectivity index (χ0) is 11.2. The van der Waals surface area contributed by atoms with Crippen molar-refractivity contribution in [2.45, 2.75) is 38.1 Å². The van der Waals surface area contributed by atoms with Gasteiger partial charge in [0.2, 0.25) is 0 Å². The van der Waals surface area contributed by atoms with Crippen LogP contribution < -0.4 is 4.74 Å². The van der Waals surface area contributed by atoms with E-state index in [4.69, 9.17) is 9.47 Å². The molecule has 0 atom stereocenters. The molecule has 1 fully saturated rings. The quantitative estimate of drug-likeness (QED) is 0.844. The van der Waals surface area contributed by atoms with Crippen LogP contribution >= 0.6 is 0 Å². The summed E-state index contributed by atoms with van der Waals surface area (Å²) in [5.41, 5.74) is 3.11. The maximum absolute atomic E-state index is 10.0. The van der Waals surface area contributed by atoms with Crippen LogP contribution in [0.3, 0.4) is 0 Å². The zero-order valence-corrected chi connectivity index (χ0v) is 9.45. The molecule has 1 aromatic carbocycles. The van der Waals surface area contributed by atoms with E-state index in [-0.39, 0.29) is 0 Å². The Morgan fingerprint density at radius 2 is 2.19 bits per heavy atom. The molecule has 16 heavy (non-hydrogen) atoms. The molecule has 2 aliphatic rings. The first kappa shape index (κ1) is 10.1. The van der Waals surface area contributed by atoms with Crippen LogP contribution in [-0.2, 0) is 24.4 Å². The lowest BCUT2D eigenvalue weighted by Crippen LogP contribution is -2.13. The van der Waals surface area contributed by atoms with Gasteiger partial charge in [0.05, 0.1) is 25.9 Å². The summed E-state index contributed by atoms with van der Waals surface area (Å²) in [6.07, 6.45) is 2.50. The topological polar surface area (TPSA) is 38.7 Å². The average molecular weight is 220 g/mol. The van der Waals surface area contributed by atoms with E-state index < -0.39 is 5.60 Å². The fraction of sp³-hybridized carbons (Fsp3) is 0.538. The Morgan fingerprint density at radius 3 is 2.88 bits per heavy atom. The van der Waals surface area contributed by atoms with Gasteiger partial charge < -0.3 is 14.6 Å². The lowest BCUT2D eigenvalue weighted by atomic mass is 9.96. The Bertz CT molecular complexity index is 421. The molecule has 1 N–H and O–H groups in total. The molecule has 0 radical (unpaired) electrons. The van der Waals surface area contributed by atoms with E-state index in [0.29, 0.717) is 19.6 Å². The second kappa shape index (κ2) is 3.47. The smallest absolute Gasteiger partial charge is 0.122 e. The SMILES string of the molecule is COc1ccc2c(c1CC1(O)CC1)COC2. The molecule has 0 spiro atoms. The Kier molecular flexibility index (Phi) is 2.19. The number of hydrogen-bond acceptors (Lipinski definition) is 3. The van der Waals surface area contributed by atoms with Crippen molar-refractivity contribution in [1.82, 2.24) is 0 Å². The van der Waals surface area contributed by atoms with Crippen molar-refractivity contribution in [3.05, 3.63) is 28.8 Å². The highest BCUT2D eigenvalue weighted by Gasteiger charge is 2.41. The molecule has 0 unspecified atom stereocenters. The molecule has 3 nitrogen and oxygen atoms in total. The van der Waals surface area contributed by atoms with Gasteiger partial charge in [-0.05, 0) is 30.0 Å². The molecule has 1 aliphatic carbocycles. The molecule has 0 amide bonds. The third kappa shape index (κ3) is 1.60. The van der Waals surface area contributed by atoms with Crippen molar-refractivity contribution in [2.75, 3.05) is 7.11 Å². The van der Waals surface area contributed by atoms with Crippen molar-refractivity contribution in [3.8, 4) is 5.75 Å². The summed E-state index contributed by atoms with van der Waals surface area (Å²) >= 11 is 0. The van der Waals surface area contributed by atoms with Gasteiger partial charge in [0.25, 0.3) is 0 Å². The molecular weight excluding hydrogens is 204 g/mol. The van der Waals surface area contributed by atoms with Gasteiger partial charge in [-0.25, -0.2) is 0 Å². The van der Waals surface area contributed by atoms with Crippen LogP contribution in [0, 0.1) is 0 Å². The molecule has 1 saturated carbocycles. The van der Waals surface area contributed by atoms with Gasteiger partial charge in [-0.3, -0.25) is 0 Å². The number of ether oxygens (including phenoxy) is 2. The second-order valence-electron chi connectivity index (χ2n) is 4.78. The van der Waals surface area contributed by atoms with Crippen LogP contribution in [0.4, 0.5) is 0 Å². The molecular formula is C13H16O3. The Hall–Kier alpha value is -1.06. The van der Waals surface area contributed by atoms with Crippen molar-refractivity contribution in [2.24, 2.45) is 0 Å². The average Bonchev–Trinajstić information content (AvgIpc) is 2.82. The zero-order valence-electron chi connectivity index (χ0n) is 9.45. The van der Waals surface area contributed by atoms with Gasteiger partial charge in [-0.2, -0.15) is 0 Å². The molecule has 3 heteroatoms. The van der Waals surface area contributed by atoms with E-state index in [0.717, 1.165) is 24.2 Å². The van der Waals surface area contributed by atoms with Gasteiger partial charge in [0.15, 0.2) is 0 Å². The van der Waals surface area contributed by atoms with Crippen molar-refractivity contribution < 1.29 is 14.6 Å². The summed E-state index contributed by atoms with van der Waals surface area (Å²) in [5, 5.41) is 10.0. The number of hydrogen-bond donors (Lipinski definition) is 1. The highest BCUT2D eigenvalue weighted by molar-refractivity contribution is 5.47. The number of rotatable bonds is 3. The highest BCUT2D eigenvalue weighted by atomic mass is 16.5.